The number of likely N-dealkylation sites (N-methyl/N-ethyl adjacent to an activating group) is 1. The Morgan fingerprint density at radius 3 is 2.50 bits per heavy atom. The zero-order valence-electron chi connectivity index (χ0n) is 14.7. The maximum absolute atomic E-state index is 12.4. The van der Waals surface area contributed by atoms with Gasteiger partial charge in [-0.25, -0.2) is 4.79 Å². The summed E-state index contributed by atoms with van der Waals surface area (Å²) < 4.78 is 0. The molecule has 1 N–H and O–H groups in total. The maximum atomic E-state index is 12.4. The predicted molar refractivity (Wildman–Crippen MR) is 94.3 cm³/mol. The van der Waals surface area contributed by atoms with Crippen molar-refractivity contribution in [2.45, 2.75) is 26.3 Å². The molecular formula is C18H26N4O2. The molecule has 24 heavy (non-hydrogen) atoms. The summed E-state index contributed by atoms with van der Waals surface area (Å²) in [5.41, 5.74) is 3.30. The molecule has 1 aromatic rings. The van der Waals surface area contributed by atoms with E-state index in [1.807, 2.05) is 30.0 Å². The Balaban J connectivity index is 1.60. The number of nitrogens with zero attached hydrogens (tertiary/aromatic N) is 3. The molecule has 1 aromatic carbocycles. The molecule has 0 bridgehead atoms. The van der Waals surface area contributed by atoms with Gasteiger partial charge in [0.1, 0.15) is 0 Å². The van der Waals surface area contributed by atoms with Gasteiger partial charge in [0.25, 0.3) is 0 Å². The van der Waals surface area contributed by atoms with Crippen molar-refractivity contribution in [1.82, 2.24) is 15.1 Å². The molecule has 2 aliphatic rings. The molecule has 0 spiro atoms. The number of carbonyl (C=O) groups is 2. The Morgan fingerprint density at radius 2 is 1.83 bits per heavy atom. The van der Waals surface area contributed by atoms with Crippen LogP contribution in [0.3, 0.4) is 0 Å². The van der Waals surface area contributed by atoms with Gasteiger partial charge in [-0.15, -0.1) is 0 Å². The fourth-order valence-corrected chi connectivity index (χ4v) is 3.22. The minimum absolute atomic E-state index is 0.0529. The minimum Gasteiger partial charge on any atom is -0.333 e. The van der Waals surface area contributed by atoms with Crippen LogP contribution in [0.25, 0.3) is 0 Å². The normalized spacial score (nSPS) is 22.1. The Hall–Kier alpha value is -2.08. The smallest absolute Gasteiger partial charge is 0.317 e. The van der Waals surface area contributed by atoms with Crippen LogP contribution in [-0.2, 0) is 4.79 Å². The lowest BCUT2D eigenvalue weighted by Gasteiger charge is -2.33. The molecule has 1 atom stereocenters. The SMILES string of the molecule is Cc1ccc(N2C[C@@H](NC(=O)N3CCN(C)CC3)CC2=O)cc1C. The van der Waals surface area contributed by atoms with Crippen LogP contribution in [0.2, 0.25) is 0 Å². The number of hydrogen-bond donors (Lipinski definition) is 1. The van der Waals surface area contributed by atoms with Crippen LogP contribution >= 0.6 is 0 Å². The van der Waals surface area contributed by atoms with Crippen LogP contribution in [0.1, 0.15) is 17.5 Å². The molecule has 130 valence electrons. The van der Waals surface area contributed by atoms with Crippen LogP contribution in [0, 0.1) is 13.8 Å². The lowest BCUT2D eigenvalue weighted by molar-refractivity contribution is -0.117. The third kappa shape index (κ3) is 3.53. The standard InChI is InChI=1S/C18H26N4O2/c1-13-4-5-16(10-14(13)2)22-12-15(11-17(22)23)19-18(24)21-8-6-20(3)7-9-21/h4-5,10,15H,6-9,11-12H2,1-3H3,(H,19,24)/t15-/m0/s1. The van der Waals surface area contributed by atoms with Crippen LogP contribution < -0.4 is 10.2 Å². The summed E-state index contributed by atoms with van der Waals surface area (Å²) in [5, 5.41) is 3.03. The van der Waals surface area contributed by atoms with Crippen molar-refractivity contribution < 1.29 is 9.59 Å². The number of aryl methyl sites for hydroxylation is 2. The van der Waals surface area contributed by atoms with Gasteiger partial charge < -0.3 is 20.0 Å². The van der Waals surface area contributed by atoms with E-state index in [9.17, 15) is 9.59 Å². The summed E-state index contributed by atoms with van der Waals surface area (Å²) in [5.74, 6) is 0.0712. The van der Waals surface area contributed by atoms with Gasteiger partial charge in [0.15, 0.2) is 0 Å². The Bertz CT molecular complexity index is 638. The average molecular weight is 330 g/mol. The monoisotopic (exact) mass is 330 g/mol. The summed E-state index contributed by atoms with van der Waals surface area (Å²) in [7, 11) is 2.06. The van der Waals surface area contributed by atoms with Crippen molar-refractivity contribution >= 4 is 17.6 Å². The fraction of sp³-hybridized carbons (Fsp3) is 0.556. The van der Waals surface area contributed by atoms with Gasteiger partial charge >= 0.3 is 6.03 Å². The van der Waals surface area contributed by atoms with Gasteiger partial charge in [0.2, 0.25) is 5.91 Å². The third-order valence-corrected chi connectivity index (χ3v) is 5.05. The van der Waals surface area contributed by atoms with E-state index in [2.05, 4.69) is 24.2 Å². The zero-order valence-corrected chi connectivity index (χ0v) is 14.7. The Labute approximate surface area is 143 Å². The molecule has 6 nitrogen and oxygen atoms in total. The highest BCUT2D eigenvalue weighted by atomic mass is 16.2. The molecule has 2 fully saturated rings. The lowest BCUT2D eigenvalue weighted by atomic mass is 10.1. The molecule has 0 aliphatic carbocycles. The first kappa shape index (κ1) is 16.8. The quantitative estimate of drug-likeness (QED) is 0.891. The van der Waals surface area contributed by atoms with Crippen molar-refractivity contribution in [2.24, 2.45) is 0 Å². The molecule has 3 rings (SSSR count). The number of anilines is 1. The number of urea groups is 1. The summed E-state index contributed by atoms with van der Waals surface area (Å²) in [6, 6.07) is 5.88. The number of nitrogens with one attached hydrogen (secondary N) is 1. The molecule has 0 aromatic heterocycles. The van der Waals surface area contributed by atoms with Crippen molar-refractivity contribution in [1.29, 1.82) is 0 Å². The van der Waals surface area contributed by atoms with E-state index < -0.39 is 0 Å². The van der Waals surface area contributed by atoms with Crippen LogP contribution in [0.15, 0.2) is 18.2 Å². The Kier molecular flexibility index (Phi) is 4.76. The van der Waals surface area contributed by atoms with Crippen LogP contribution in [-0.4, -0.2) is 67.6 Å². The number of benzene rings is 1. The highest BCUT2D eigenvalue weighted by molar-refractivity contribution is 5.96. The van der Waals surface area contributed by atoms with Crippen LogP contribution in [0.5, 0.6) is 0 Å². The summed E-state index contributed by atoms with van der Waals surface area (Å²) >= 11 is 0. The van der Waals surface area contributed by atoms with Gasteiger partial charge in [0.05, 0.1) is 6.04 Å². The van der Waals surface area contributed by atoms with Crippen molar-refractivity contribution in [3.05, 3.63) is 29.3 Å². The molecule has 2 heterocycles. The van der Waals surface area contributed by atoms with Crippen molar-refractivity contribution in [2.75, 3.05) is 44.7 Å². The van der Waals surface area contributed by atoms with Gasteiger partial charge in [0, 0.05) is 44.8 Å². The first-order chi connectivity index (χ1) is 11.4. The highest BCUT2D eigenvalue weighted by Gasteiger charge is 2.33. The van der Waals surface area contributed by atoms with Gasteiger partial charge in [-0.3, -0.25) is 4.79 Å². The van der Waals surface area contributed by atoms with E-state index in [0.29, 0.717) is 13.0 Å². The number of piperazine rings is 1. The maximum Gasteiger partial charge on any atom is 0.317 e. The minimum atomic E-state index is -0.119. The van der Waals surface area contributed by atoms with E-state index >= 15 is 0 Å². The largest absolute Gasteiger partial charge is 0.333 e. The molecule has 2 aliphatic heterocycles. The first-order valence-corrected chi connectivity index (χ1v) is 8.55. The van der Waals surface area contributed by atoms with E-state index in [1.165, 1.54) is 11.1 Å². The molecule has 2 saturated heterocycles. The third-order valence-electron chi connectivity index (χ3n) is 5.05. The summed E-state index contributed by atoms with van der Waals surface area (Å²) in [6.45, 7) is 7.92. The zero-order chi connectivity index (χ0) is 17.3. The summed E-state index contributed by atoms with van der Waals surface area (Å²) in [6.07, 6.45) is 0.367. The van der Waals surface area contributed by atoms with E-state index in [-0.39, 0.29) is 18.0 Å². The van der Waals surface area contributed by atoms with E-state index in [0.717, 1.165) is 31.9 Å². The molecule has 6 heteroatoms. The van der Waals surface area contributed by atoms with Gasteiger partial charge in [-0.05, 0) is 44.2 Å². The fourth-order valence-electron chi connectivity index (χ4n) is 3.22. The summed E-state index contributed by atoms with van der Waals surface area (Å²) in [4.78, 5) is 30.5. The average Bonchev–Trinajstić information content (AvgIpc) is 2.91. The van der Waals surface area contributed by atoms with E-state index in [4.69, 9.17) is 0 Å². The first-order valence-electron chi connectivity index (χ1n) is 8.55. The van der Waals surface area contributed by atoms with Crippen molar-refractivity contribution in [3.8, 4) is 0 Å². The topological polar surface area (TPSA) is 55.9 Å². The number of carbonyl (C=O) groups excluding carboxylic acids is 2. The second-order valence-electron chi connectivity index (χ2n) is 6.91. The molecule has 3 amide bonds. The lowest BCUT2D eigenvalue weighted by Crippen LogP contribution is -2.52. The second kappa shape index (κ2) is 6.81. The molecule has 0 saturated carbocycles. The van der Waals surface area contributed by atoms with Crippen molar-refractivity contribution in [3.63, 3.8) is 0 Å². The van der Waals surface area contributed by atoms with Crippen LogP contribution in [0.4, 0.5) is 10.5 Å². The molecular weight excluding hydrogens is 304 g/mol. The molecule has 0 unspecified atom stereocenters. The number of rotatable bonds is 2. The number of hydrogen-bond acceptors (Lipinski definition) is 3. The van der Waals surface area contributed by atoms with Gasteiger partial charge in [-0.1, -0.05) is 6.07 Å². The number of amides is 3. The van der Waals surface area contributed by atoms with Gasteiger partial charge in [-0.2, -0.15) is 0 Å². The predicted octanol–water partition coefficient (Wildman–Crippen LogP) is 1.37. The molecule has 0 radical (unpaired) electrons. The second-order valence-corrected chi connectivity index (χ2v) is 6.91. The Morgan fingerprint density at radius 1 is 1.12 bits per heavy atom. The highest BCUT2D eigenvalue weighted by Crippen LogP contribution is 2.24. The van der Waals surface area contributed by atoms with E-state index in [1.54, 1.807) is 4.90 Å².